The number of aryl methyl sites for hydroxylation is 2. The maximum absolute atomic E-state index is 13.3. The van der Waals surface area contributed by atoms with Crippen LogP contribution in [0.25, 0.3) is 10.2 Å². The molecule has 2 aromatic carbocycles. The molecule has 0 N–H and O–H groups in total. The average molecular weight is 494 g/mol. The molecule has 0 unspecified atom stereocenters. The number of hydrogen-bond acceptors (Lipinski definition) is 6. The molecule has 4 aromatic rings. The summed E-state index contributed by atoms with van der Waals surface area (Å²) in [5, 5.41) is 0.647. The van der Waals surface area contributed by atoms with Gasteiger partial charge in [0, 0.05) is 23.5 Å². The maximum atomic E-state index is 13.3. The number of hydrogen-bond donors (Lipinski definition) is 0. The molecule has 35 heavy (non-hydrogen) atoms. The first-order valence-electron chi connectivity index (χ1n) is 11.2. The van der Waals surface area contributed by atoms with E-state index in [1.54, 1.807) is 30.0 Å². The van der Waals surface area contributed by atoms with Crippen molar-refractivity contribution in [2.45, 2.75) is 25.9 Å². The number of amides is 1. The first-order valence-corrected chi connectivity index (χ1v) is 12.1. The molecule has 3 heterocycles. The van der Waals surface area contributed by atoms with Gasteiger partial charge in [0.2, 0.25) is 0 Å². The fourth-order valence-corrected chi connectivity index (χ4v) is 5.61. The van der Waals surface area contributed by atoms with E-state index in [4.69, 9.17) is 9.47 Å². The second kappa shape index (κ2) is 9.50. The molecular formula is C26H24FN3O4S. The lowest BCUT2D eigenvalue weighted by molar-refractivity contribution is 0.0737. The Morgan fingerprint density at radius 3 is 2.63 bits per heavy atom. The molecule has 0 bridgehead atoms. The lowest BCUT2D eigenvalue weighted by atomic mass is 10.0. The zero-order valence-electron chi connectivity index (χ0n) is 19.4. The van der Waals surface area contributed by atoms with Crippen LogP contribution in [-0.4, -0.2) is 41.1 Å². The van der Waals surface area contributed by atoms with Gasteiger partial charge in [-0.05, 0) is 60.4 Å². The van der Waals surface area contributed by atoms with E-state index in [0.717, 1.165) is 16.0 Å². The van der Waals surface area contributed by atoms with Crippen LogP contribution in [0.3, 0.4) is 0 Å². The zero-order chi connectivity index (χ0) is 24.5. The molecule has 0 aliphatic carbocycles. The molecule has 0 fully saturated rings. The maximum Gasteiger partial charge on any atom is 0.262 e. The fraction of sp³-hybridized carbons (Fsp3) is 0.269. The highest BCUT2D eigenvalue weighted by Gasteiger charge is 2.27. The molecule has 1 aliphatic rings. The van der Waals surface area contributed by atoms with E-state index in [1.165, 1.54) is 35.6 Å². The quantitative estimate of drug-likeness (QED) is 0.405. The summed E-state index contributed by atoms with van der Waals surface area (Å²) in [6.07, 6.45) is 2.81. The number of halogens is 1. The molecule has 0 radical (unpaired) electrons. The minimum Gasteiger partial charge on any atom is -0.493 e. The molecule has 2 aromatic heterocycles. The Hall–Kier alpha value is -3.72. The predicted octanol–water partition coefficient (Wildman–Crippen LogP) is 4.06. The number of nitrogens with zero attached hydrogens (tertiary/aromatic N) is 3. The van der Waals surface area contributed by atoms with Gasteiger partial charge in [-0.25, -0.2) is 9.37 Å². The molecule has 1 aliphatic heterocycles. The second-order valence-electron chi connectivity index (χ2n) is 8.35. The van der Waals surface area contributed by atoms with Crippen LogP contribution in [0.15, 0.2) is 53.6 Å². The third-order valence-electron chi connectivity index (χ3n) is 6.30. The van der Waals surface area contributed by atoms with Crippen LogP contribution in [-0.2, 0) is 25.9 Å². The van der Waals surface area contributed by atoms with Crippen molar-refractivity contribution in [3.8, 4) is 11.5 Å². The SMILES string of the molecule is COc1ccc(CCn2cnc3sc4c(c3c2=O)CCN(C(=O)c2ccc(F)cc2)C4)cc1OC. The number of methoxy groups -OCH3 is 2. The molecule has 9 heteroatoms. The normalized spacial score (nSPS) is 13.1. The van der Waals surface area contributed by atoms with Gasteiger partial charge in [0.15, 0.2) is 11.5 Å². The number of aromatic nitrogens is 2. The molecule has 0 atom stereocenters. The second-order valence-corrected chi connectivity index (χ2v) is 9.43. The van der Waals surface area contributed by atoms with Crippen molar-refractivity contribution in [2.24, 2.45) is 0 Å². The summed E-state index contributed by atoms with van der Waals surface area (Å²) >= 11 is 1.46. The van der Waals surface area contributed by atoms with Crippen molar-refractivity contribution in [1.82, 2.24) is 14.5 Å². The van der Waals surface area contributed by atoms with Crippen LogP contribution in [0.2, 0.25) is 0 Å². The molecule has 7 nitrogen and oxygen atoms in total. The molecular weight excluding hydrogens is 469 g/mol. The number of ether oxygens (including phenoxy) is 2. The van der Waals surface area contributed by atoms with Crippen LogP contribution in [0, 0.1) is 5.82 Å². The molecule has 1 amide bonds. The summed E-state index contributed by atoms with van der Waals surface area (Å²) in [5.41, 5.74) is 2.39. The monoisotopic (exact) mass is 493 g/mol. The first kappa shape index (κ1) is 23.0. The van der Waals surface area contributed by atoms with Crippen LogP contribution in [0.1, 0.15) is 26.4 Å². The largest absolute Gasteiger partial charge is 0.493 e. The van der Waals surface area contributed by atoms with Crippen molar-refractivity contribution in [1.29, 1.82) is 0 Å². The molecule has 0 spiro atoms. The molecule has 0 saturated heterocycles. The number of carbonyl (C=O) groups is 1. The number of benzene rings is 2. The zero-order valence-corrected chi connectivity index (χ0v) is 20.2. The van der Waals surface area contributed by atoms with E-state index < -0.39 is 0 Å². The number of rotatable bonds is 6. The third kappa shape index (κ3) is 4.39. The first-order chi connectivity index (χ1) is 17.0. The summed E-state index contributed by atoms with van der Waals surface area (Å²) in [4.78, 5) is 34.2. The van der Waals surface area contributed by atoms with Gasteiger partial charge in [-0.15, -0.1) is 11.3 Å². The van der Waals surface area contributed by atoms with Crippen molar-refractivity contribution >= 4 is 27.5 Å². The Bertz CT molecular complexity index is 1460. The average Bonchev–Trinajstić information content (AvgIpc) is 3.26. The van der Waals surface area contributed by atoms with Crippen LogP contribution >= 0.6 is 11.3 Å². The highest BCUT2D eigenvalue weighted by molar-refractivity contribution is 7.18. The van der Waals surface area contributed by atoms with Gasteiger partial charge >= 0.3 is 0 Å². The van der Waals surface area contributed by atoms with Gasteiger partial charge in [0.1, 0.15) is 10.6 Å². The fourth-order valence-electron chi connectivity index (χ4n) is 4.41. The Morgan fingerprint density at radius 2 is 1.89 bits per heavy atom. The van der Waals surface area contributed by atoms with Crippen molar-refractivity contribution < 1.29 is 18.7 Å². The van der Waals surface area contributed by atoms with E-state index in [9.17, 15) is 14.0 Å². The molecule has 0 saturated carbocycles. The van der Waals surface area contributed by atoms with Gasteiger partial charge in [-0.3, -0.25) is 14.2 Å². The minimum atomic E-state index is -0.375. The van der Waals surface area contributed by atoms with E-state index in [0.29, 0.717) is 59.8 Å². The van der Waals surface area contributed by atoms with E-state index >= 15 is 0 Å². The van der Waals surface area contributed by atoms with Gasteiger partial charge < -0.3 is 14.4 Å². The minimum absolute atomic E-state index is 0.0636. The van der Waals surface area contributed by atoms with Gasteiger partial charge in [-0.2, -0.15) is 0 Å². The van der Waals surface area contributed by atoms with Crippen LogP contribution < -0.4 is 15.0 Å². The standard InChI is InChI=1S/C26H24FN3O4S/c1-33-20-8-3-16(13-21(20)34-2)9-11-30-15-28-24-23(26(30)32)19-10-12-29(14-22(19)35-24)25(31)17-4-6-18(27)7-5-17/h3-8,13,15H,9-12,14H2,1-2H3. The predicted molar refractivity (Wildman–Crippen MR) is 132 cm³/mol. The number of thiophene rings is 1. The third-order valence-corrected chi connectivity index (χ3v) is 7.42. The van der Waals surface area contributed by atoms with Crippen LogP contribution in [0.4, 0.5) is 4.39 Å². The highest BCUT2D eigenvalue weighted by Crippen LogP contribution is 2.33. The summed E-state index contributed by atoms with van der Waals surface area (Å²) < 4.78 is 25.5. The Morgan fingerprint density at radius 1 is 1.11 bits per heavy atom. The lowest BCUT2D eigenvalue weighted by Crippen LogP contribution is -2.35. The Kier molecular flexibility index (Phi) is 6.25. The molecule has 5 rings (SSSR count). The van der Waals surface area contributed by atoms with Crippen LogP contribution in [0.5, 0.6) is 11.5 Å². The van der Waals surface area contributed by atoms with E-state index in [1.807, 2.05) is 18.2 Å². The smallest absolute Gasteiger partial charge is 0.262 e. The van der Waals surface area contributed by atoms with E-state index in [-0.39, 0.29) is 17.3 Å². The van der Waals surface area contributed by atoms with Crippen molar-refractivity contribution in [3.63, 3.8) is 0 Å². The summed E-state index contributed by atoms with van der Waals surface area (Å²) in [6, 6.07) is 11.3. The Labute approximate surface area is 205 Å². The van der Waals surface area contributed by atoms with E-state index in [2.05, 4.69) is 4.98 Å². The number of carbonyl (C=O) groups excluding carboxylic acids is 1. The van der Waals surface area contributed by atoms with Crippen molar-refractivity contribution in [3.05, 3.63) is 86.5 Å². The number of fused-ring (bicyclic) bond motifs is 3. The van der Waals surface area contributed by atoms with Gasteiger partial charge in [0.25, 0.3) is 11.5 Å². The van der Waals surface area contributed by atoms with Gasteiger partial charge in [-0.1, -0.05) is 6.07 Å². The summed E-state index contributed by atoms with van der Waals surface area (Å²) in [6.45, 7) is 1.39. The molecule has 180 valence electrons. The van der Waals surface area contributed by atoms with Gasteiger partial charge in [0.05, 0.1) is 32.5 Å². The summed E-state index contributed by atoms with van der Waals surface area (Å²) in [7, 11) is 3.19. The lowest BCUT2D eigenvalue weighted by Gasteiger charge is -2.27. The topological polar surface area (TPSA) is 73.7 Å². The highest BCUT2D eigenvalue weighted by atomic mass is 32.1. The van der Waals surface area contributed by atoms with Crippen molar-refractivity contribution in [2.75, 3.05) is 20.8 Å². The Balaban J connectivity index is 1.37. The summed E-state index contributed by atoms with van der Waals surface area (Å²) in [5.74, 6) is 0.791.